The maximum atomic E-state index is 6.18. The fourth-order valence-corrected chi connectivity index (χ4v) is 3.18. The highest BCUT2D eigenvalue weighted by Gasteiger charge is 2.22. The molecular formula is C20H19Cl2N5. The van der Waals surface area contributed by atoms with Crippen LogP contribution in [0.3, 0.4) is 0 Å². The number of fused-ring (bicyclic) bond motifs is 1. The van der Waals surface area contributed by atoms with Gasteiger partial charge in [-0.15, -0.1) is 0 Å². The van der Waals surface area contributed by atoms with Crippen molar-refractivity contribution in [3.63, 3.8) is 0 Å². The molecule has 27 heavy (non-hydrogen) atoms. The van der Waals surface area contributed by atoms with Crippen molar-refractivity contribution in [3.05, 3.63) is 58.6 Å². The van der Waals surface area contributed by atoms with Gasteiger partial charge in [-0.3, -0.25) is 5.10 Å². The molecule has 4 aromatic rings. The molecule has 0 aliphatic carbocycles. The van der Waals surface area contributed by atoms with E-state index < -0.39 is 0 Å². The SMILES string of the molecule is CC(C)(C)Nc1c(-c2cccc(Cl)c2)nc2nc(-c3ccc(Cl)cc3)[nH]n12. The predicted octanol–water partition coefficient (Wildman–Crippen LogP) is 5.91. The van der Waals surface area contributed by atoms with Crippen molar-refractivity contribution in [2.45, 2.75) is 26.3 Å². The van der Waals surface area contributed by atoms with Crippen molar-refractivity contribution >= 4 is 34.8 Å². The van der Waals surface area contributed by atoms with Gasteiger partial charge in [0.1, 0.15) is 5.69 Å². The first-order valence-electron chi connectivity index (χ1n) is 8.59. The van der Waals surface area contributed by atoms with E-state index in [0.29, 0.717) is 15.8 Å². The molecule has 0 saturated heterocycles. The molecule has 138 valence electrons. The second-order valence-electron chi connectivity index (χ2n) is 7.41. The number of hydrogen-bond acceptors (Lipinski definition) is 3. The van der Waals surface area contributed by atoms with E-state index in [-0.39, 0.29) is 5.54 Å². The minimum Gasteiger partial charge on any atom is -0.364 e. The van der Waals surface area contributed by atoms with Gasteiger partial charge in [0, 0.05) is 26.7 Å². The molecule has 7 heteroatoms. The molecular weight excluding hydrogens is 381 g/mol. The fraction of sp³-hybridized carbons (Fsp3) is 0.200. The van der Waals surface area contributed by atoms with Crippen molar-refractivity contribution in [2.75, 3.05) is 5.32 Å². The van der Waals surface area contributed by atoms with Crippen LogP contribution in [-0.4, -0.2) is 25.1 Å². The Morgan fingerprint density at radius 1 is 0.926 bits per heavy atom. The molecule has 0 radical (unpaired) electrons. The number of aromatic nitrogens is 4. The van der Waals surface area contributed by atoms with Gasteiger partial charge in [-0.2, -0.15) is 4.98 Å². The molecule has 0 saturated carbocycles. The Morgan fingerprint density at radius 3 is 2.33 bits per heavy atom. The van der Waals surface area contributed by atoms with Gasteiger partial charge in [0.25, 0.3) is 5.78 Å². The average molecular weight is 400 g/mol. The van der Waals surface area contributed by atoms with Crippen LogP contribution in [0.1, 0.15) is 20.8 Å². The molecule has 2 aromatic carbocycles. The smallest absolute Gasteiger partial charge is 0.253 e. The summed E-state index contributed by atoms with van der Waals surface area (Å²) in [6.07, 6.45) is 0. The van der Waals surface area contributed by atoms with Crippen LogP contribution in [0.4, 0.5) is 5.82 Å². The summed E-state index contributed by atoms with van der Waals surface area (Å²) in [6.45, 7) is 6.31. The summed E-state index contributed by atoms with van der Waals surface area (Å²) in [6, 6.07) is 15.2. The minimum atomic E-state index is -0.158. The summed E-state index contributed by atoms with van der Waals surface area (Å²) in [4.78, 5) is 9.40. The standard InChI is InChI=1S/C20H19Cl2N5/c1-20(2,3)25-18-16(13-5-4-6-15(22)11-13)23-19-24-17(26-27(18)19)12-7-9-14(21)10-8-12/h4-11,25H,1-3H3,(H,23,24,26). The molecule has 2 heterocycles. The van der Waals surface area contributed by atoms with Crippen molar-refractivity contribution in [1.29, 1.82) is 0 Å². The second kappa shape index (κ2) is 6.59. The zero-order valence-electron chi connectivity index (χ0n) is 15.2. The van der Waals surface area contributed by atoms with Gasteiger partial charge >= 0.3 is 0 Å². The number of H-pyrrole nitrogens is 1. The Labute approximate surface area is 167 Å². The molecule has 0 amide bonds. The van der Waals surface area contributed by atoms with E-state index in [2.05, 4.69) is 36.2 Å². The van der Waals surface area contributed by atoms with Crippen LogP contribution >= 0.6 is 23.2 Å². The monoisotopic (exact) mass is 399 g/mol. The molecule has 0 aliphatic rings. The zero-order valence-corrected chi connectivity index (χ0v) is 16.7. The molecule has 2 aromatic heterocycles. The van der Waals surface area contributed by atoms with Gasteiger partial charge in [-0.1, -0.05) is 35.3 Å². The number of rotatable bonds is 3. The number of nitrogens with zero attached hydrogens (tertiary/aromatic N) is 3. The predicted molar refractivity (Wildman–Crippen MR) is 112 cm³/mol. The number of aromatic amines is 1. The van der Waals surface area contributed by atoms with Crippen LogP contribution in [-0.2, 0) is 0 Å². The summed E-state index contributed by atoms with van der Waals surface area (Å²) in [7, 11) is 0. The van der Waals surface area contributed by atoms with Crippen molar-refractivity contribution in [3.8, 4) is 22.6 Å². The van der Waals surface area contributed by atoms with Gasteiger partial charge in [-0.05, 0) is 57.2 Å². The maximum Gasteiger partial charge on any atom is 0.253 e. The van der Waals surface area contributed by atoms with Gasteiger partial charge in [0.05, 0.1) is 0 Å². The van der Waals surface area contributed by atoms with Crippen LogP contribution < -0.4 is 5.32 Å². The number of nitrogens with one attached hydrogen (secondary N) is 2. The molecule has 0 spiro atoms. The third kappa shape index (κ3) is 3.66. The Balaban J connectivity index is 1.87. The lowest BCUT2D eigenvalue weighted by molar-refractivity contribution is 0.627. The summed E-state index contributed by atoms with van der Waals surface area (Å²) in [5.41, 5.74) is 2.51. The molecule has 0 unspecified atom stereocenters. The lowest BCUT2D eigenvalue weighted by Gasteiger charge is -2.22. The molecule has 0 fully saturated rings. The number of hydrogen-bond donors (Lipinski definition) is 2. The molecule has 0 aliphatic heterocycles. The first kappa shape index (κ1) is 17.9. The first-order valence-corrected chi connectivity index (χ1v) is 9.34. The fourth-order valence-electron chi connectivity index (χ4n) is 2.86. The summed E-state index contributed by atoms with van der Waals surface area (Å²) >= 11 is 12.2. The van der Waals surface area contributed by atoms with Gasteiger partial charge in [0.15, 0.2) is 11.6 Å². The summed E-state index contributed by atoms with van der Waals surface area (Å²) < 4.78 is 1.87. The third-order valence-corrected chi connectivity index (χ3v) is 4.49. The van der Waals surface area contributed by atoms with Crippen molar-refractivity contribution < 1.29 is 0 Å². The Hall–Kier alpha value is -2.50. The molecule has 2 N–H and O–H groups in total. The highest BCUT2D eigenvalue weighted by Crippen LogP contribution is 2.32. The van der Waals surface area contributed by atoms with Gasteiger partial charge in [-0.25, -0.2) is 9.50 Å². The van der Waals surface area contributed by atoms with Crippen LogP contribution in [0.5, 0.6) is 0 Å². The Bertz CT molecular complexity index is 1100. The number of benzene rings is 2. The highest BCUT2D eigenvalue weighted by atomic mass is 35.5. The first-order chi connectivity index (χ1) is 12.8. The molecule has 5 nitrogen and oxygen atoms in total. The number of anilines is 1. The molecule has 0 bridgehead atoms. The summed E-state index contributed by atoms with van der Waals surface area (Å²) in [5, 5.41) is 8.22. The largest absolute Gasteiger partial charge is 0.364 e. The topological polar surface area (TPSA) is 58.0 Å². The van der Waals surface area contributed by atoms with Crippen LogP contribution in [0, 0.1) is 0 Å². The van der Waals surface area contributed by atoms with Crippen LogP contribution in [0.15, 0.2) is 48.5 Å². The molecule has 0 atom stereocenters. The Kier molecular flexibility index (Phi) is 4.36. The van der Waals surface area contributed by atoms with E-state index in [0.717, 1.165) is 28.5 Å². The van der Waals surface area contributed by atoms with E-state index in [1.165, 1.54) is 0 Å². The minimum absolute atomic E-state index is 0.158. The van der Waals surface area contributed by atoms with Gasteiger partial charge < -0.3 is 5.32 Å². The van der Waals surface area contributed by atoms with Crippen molar-refractivity contribution in [1.82, 2.24) is 19.6 Å². The van der Waals surface area contributed by atoms with E-state index in [1.54, 1.807) is 0 Å². The number of imidazole rings is 1. The quantitative estimate of drug-likeness (QED) is 0.450. The zero-order chi connectivity index (χ0) is 19.2. The van der Waals surface area contributed by atoms with E-state index in [1.807, 2.05) is 53.0 Å². The number of halogens is 2. The maximum absolute atomic E-state index is 6.18. The highest BCUT2D eigenvalue weighted by molar-refractivity contribution is 6.31. The Morgan fingerprint density at radius 2 is 1.67 bits per heavy atom. The van der Waals surface area contributed by atoms with Crippen molar-refractivity contribution in [2.24, 2.45) is 0 Å². The molecule has 4 rings (SSSR count). The average Bonchev–Trinajstić information content (AvgIpc) is 3.14. The second-order valence-corrected chi connectivity index (χ2v) is 8.28. The van der Waals surface area contributed by atoms with Crippen LogP contribution in [0.2, 0.25) is 10.0 Å². The third-order valence-electron chi connectivity index (χ3n) is 4.00. The van der Waals surface area contributed by atoms with Crippen LogP contribution in [0.25, 0.3) is 28.4 Å². The summed E-state index contributed by atoms with van der Waals surface area (Å²) in [5.74, 6) is 2.15. The van der Waals surface area contributed by atoms with E-state index in [9.17, 15) is 0 Å². The van der Waals surface area contributed by atoms with E-state index >= 15 is 0 Å². The lowest BCUT2D eigenvalue weighted by atomic mass is 10.1. The van der Waals surface area contributed by atoms with E-state index in [4.69, 9.17) is 28.2 Å². The lowest BCUT2D eigenvalue weighted by Crippen LogP contribution is -2.27. The van der Waals surface area contributed by atoms with Gasteiger partial charge in [0.2, 0.25) is 0 Å². The normalized spacial score (nSPS) is 11.9.